The second kappa shape index (κ2) is 14.4. The van der Waals surface area contributed by atoms with Crippen LogP contribution in [0.1, 0.15) is 25.0 Å². The average Bonchev–Trinajstić information content (AvgIpc) is 2.92. The molecule has 41 heavy (non-hydrogen) atoms. The molecular formula is C30H36BrN3O6S. The third-order valence-corrected chi connectivity index (χ3v) is 7.90. The fourth-order valence-electron chi connectivity index (χ4n) is 4.35. The van der Waals surface area contributed by atoms with Crippen molar-refractivity contribution in [3.8, 4) is 11.5 Å². The number of methoxy groups -OCH3 is 2. The van der Waals surface area contributed by atoms with Crippen molar-refractivity contribution in [1.29, 1.82) is 0 Å². The van der Waals surface area contributed by atoms with E-state index in [2.05, 4.69) is 21.2 Å². The Bertz CT molecular complexity index is 1450. The van der Waals surface area contributed by atoms with Crippen molar-refractivity contribution in [1.82, 2.24) is 10.2 Å². The number of nitrogens with one attached hydrogen (secondary N) is 1. The summed E-state index contributed by atoms with van der Waals surface area (Å²) < 4.78 is 38.6. The summed E-state index contributed by atoms with van der Waals surface area (Å²) in [6, 6.07) is 20.4. The summed E-state index contributed by atoms with van der Waals surface area (Å²) in [5.74, 6) is -0.192. The van der Waals surface area contributed by atoms with Crippen LogP contribution in [0.15, 0.2) is 77.3 Å². The minimum absolute atomic E-state index is 0.0820. The summed E-state index contributed by atoms with van der Waals surface area (Å²) in [6.45, 7) is 3.23. The van der Waals surface area contributed by atoms with Crippen LogP contribution < -0.4 is 19.1 Å². The topological polar surface area (TPSA) is 105 Å². The minimum atomic E-state index is -3.95. The van der Waals surface area contributed by atoms with Gasteiger partial charge in [0.15, 0.2) is 0 Å². The Morgan fingerprint density at radius 1 is 0.927 bits per heavy atom. The number of hydrogen-bond acceptors (Lipinski definition) is 6. The predicted octanol–water partition coefficient (Wildman–Crippen LogP) is 4.40. The fraction of sp³-hybridized carbons (Fsp3) is 0.333. The molecule has 0 fully saturated rings. The molecule has 3 rings (SSSR count). The van der Waals surface area contributed by atoms with Crippen molar-refractivity contribution < 1.29 is 27.5 Å². The average molecular weight is 647 g/mol. The van der Waals surface area contributed by atoms with Gasteiger partial charge in [-0.05, 0) is 49.2 Å². The quantitative estimate of drug-likeness (QED) is 0.296. The van der Waals surface area contributed by atoms with E-state index in [-0.39, 0.29) is 36.4 Å². The highest BCUT2D eigenvalue weighted by Crippen LogP contribution is 2.34. The van der Waals surface area contributed by atoms with Gasteiger partial charge in [-0.1, -0.05) is 58.4 Å². The Morgan fingerprint density at radius 2 is 1.61 bits per heavy atom. The number of benzene rings is 3. The molecule has 1 unspecified atom stereocenters. The third-order valence-electron chi connectivity index (χ3n) is 6.28. The van der Waals surface area contributed by atoms with Crippen molar-refractivity contribution in [2.24, 2.45) is 0 Å². The van der Waals surface area contributed by atoms with Gasteiger partial charge in [0, 0.05) is 29.5 Å². The van der Waals surface area contributed by atoms with Crippen LogP contribution in [-0.4, -0.2) is 64.2 Å². The second-order valence-corrected chi connectivity index (χ2v) is 12.7. The second-order valence-electron chi connectivity index (χ2n) is 9.83. The summed E-state index contributed by atoms with van der Waals surface area (Å²) in [7, 11) is -1.05. The first kappa shape index (κ1) is 32.0. The Labute approximate surface area is 250 Å². The van der Waals surface area contributed by atoms with E-state index in [1.165, 1.54) is 25.2 Å². The zero-order valence-electron chi connectivity index (χ0n) is 23.8. The molecular weight excluding hydrogens is 610 g/mol. The van der Waals surface area contributed by atoms with Gasteiger partial charge in [-0.15, -0.1) is 0 Å². The molecule has 0 bridgehead atoms. The monoisotopic (exact) mass is 645 g/mol. The molecule has 0 aliphatic rings. The van der Waals surface area contributed by atoms with E-state index < -0.39 is 28.5 Å². The summed E-state index contributed by atoms with van der Waals surface area (Å²) >= 11 is 3.47. The van der Waals surface area contributed by atoms with Gasteiger partial charge in [-0.2, -0.15) is 0 Å². The molecule has 220 valence electrons. The minimum Gasteiger partial charge on any atom is -0.497 e. The zero-order chi connectivity index (χ0) is 30.2. The van der Waals surface area contributed by atoms with Gasteiger partial charge >= 0.3 is 0 Å². The van der Waals surface area contributed by atoms with E-state index in [1.54, 1.807) is 12.1 Å². The number of carbonyl (C=O) groups excluding carboxylic acids is 2. The Kier molecular flexibility index (Phi) is 11.2. The van der Waals surface area contributed by atoms with Gasteiger partial charge < -0.3 is 19.7 Å². The number of hydrogen-bond donors (Lipinski definition) is 1. The first-order valence-electron chi connectivity index (χ1n) is 13.0. The molecule has 0 aliphatic carbocycles. The van der Waals surface area contributed by atoms with Crippen LogP contribution >= 0.6 is 15.9 Å². The van der Waals surface area contributed by atoms with Crippen molar-refractivity contribution in [2.45, 2.75) is 38.9 Å². The number of amides is 2. The highest BCUT2D eigenvalue weighted by atomic mass is 79.9. The van der Waals surface area contributed by atoms with Crippen molar-refractivity contribution in [3.05, 3.63) is 88.4 Å². The number of ether oxygens (including phenoxy) is 2. The molecule has 9 nitrogen and oxygen atoms in total. The lowest BCUT2D eigenvalue weighted by Gasteiger charge is -2.34. The van der Waals surface area contributed by atoms with E-state index in [4.69, 9.17) is 9.47 Å². The largest absolute Gasteiger partial charge is 0.497 e. The van der Waals surface area contributed by atoms with Crippen LogP contribution in [0.5, 0.6) is 11.5 Å². The standard InChI is InChI=1S/C30H36BrN3O6S/c1-21(2)32-30(36)27(17-22-10-7-6-8-11-22)33(19-23-12-9-13-24(31)16-23)29(35)20-34(41(5,37)38)26-15-14-25(39-3)18-28(26)40-4/h6-16,18,21,27H,17,19-20H2,1-5H3,(H,32,36). The summed E-state index contributed by atoms with van der Waals surface area (Å²) in [5, 5.41) is 2.93. The summed E-state index contributed by atoms with van der Waals surface area (Å²) in [5.41, 5.74) is 1.81. The van der Waals surface area contributed by atoms with E-state index in [1.807, 2.05) is 68.4 Å². The van der Waals surface area contributed by atoms with Gasteiger partial charge in [0.25, 0.3) is 0 Å². The van der Waals surface area contributed by atoms with E-state index >= 15 is 0 Å². The Hall–Kier alpha value is -3.57. The molecule has 0 radical (unpaired) electrons. The lowest BCUT2D eigenvalue weighted by molar-refractivity contribution is -0.140. The normalized spacial score (nSPS) is 12.0. The van der Waals surface area contributed by atoms with Crippen LogP contribution in [0.2, 0.25) is 0 Å². The highest BCUT2D eigenvalue weighted by Gasteiger charge is 2.34. The van der Waals surface area contributed by atoms with Crippen LogP contribution in [0.4, 0.5) is 5.69 Å². The molecule has 0 aliphatic heterocycles. The van der Waals surface area contributed by atoms with E-state index in [0.29, 0.717) is 5.75 Å². The van der Waals surface area contributed by atoms with Gasteiger partial charge in [0.2, 0.25) is 21.8 Å². The van der Waals surface area contributed by atoms with Crippen molar-refractivity contribution in [2.75, 3.05) is 31.3 Å². The SMILES string of the molecule is COc1ccc(N(CC(=O)N(Cc2cccc(Br)c2)C(Cc2ccccc2)C(=O)NC(C)C)S(C)(=O)=O)c(OC)c1. The number of halogens is 1. The molecule has 0 saturated heterocycles. The zero-order valence-corrected chi connectivity index (χ0v) is 26.2. The highest BCUT2D eigenvalue weighted by molar-refractivity contribution is 9.10. The van der Waals surface area contributed by atoms with E-state index in [0.717, 1.165) is 26.2 Å². The van der Waals surface area contributed by atoms with Crippen molar-refractivity contribution in [3.63, 3.8) is 0 Å². The maximum atomic E-state index is 14.2. The number of nitrogens with zero attached hydrogens (tertiary/aromatic N) is 2. The lowest BCUT2D eigenvalue weighted by atomic mass is 10.0. The van der Waals surface area contributed by atoms with Gasteiger partial charge in [-0.3, -0.25) is 13.9 Å². The van der Waals surface area contributed by atoms with E-state index in [9.17, 15) is 18.0 Å². The molecule has 0 heterocycles. The van der Waals surface area contributed by atoms with Crippen LogP contribution in [0.3, 0.4) is 0 Å². The Morgan fingerprint density at radius 3 is 2.20 bits per heavy atom. The number of rotatable bonds is 13. The van der Waals surface area contributed by atoms with Gasteiger partial charge in [0.1, 0.15) is 24.1 Å². The molecule has 3 aromatic rings. The summed E-state index contributed by atoms with van der Waals surface area (Å²) in [6.07, 6.45) is 1.26. The number of carbonyl (C=O) groups is 2. The molecule has 11 heteroatoms. The van der Waals surface area contributed by atoms with Gasteiger partial charge in [-0.25, -0.2) is 8.42 Å². The lowest BCUT2D eigenvalue weighted by Crippen LogP contribution is -2.54. The molecule has 1 atom stereocenters. The molecule has 2 amide bonds. The third kappa shape index (κ3) is 8.96. The maximum absolute atomic E-state index is 14.2. The molecule has 0 spiro atoms. The fourth-order valence-corrected chi connectivity index (χ4v) is 5.65. The van der Waals surface area contributed by atoms with Crippen LogP contribution in [0, 0.1) is 0 Å². The molecule has 3 aromatic carbocycles. The first-order chi connectivity index (χ1) is 19.4. The predicted molar refractivity (Wildman–Crippen MR) is 164 cm³/mol. The Balaban J connectivity index is 2.09. The molecule has 0 saturated carbocycles. The molecule has 0 aromatic heterocycles. The number of sulfonamides is 1. The van der Waals surface area contributed by atoms with Gasteiger partial charge in [0.05, 0.1) is 26.2 Å². The smallest absolute Gasteiger partial charge is 0.244 e. The van der Waals surface area contributed by atoms with Crippen LogP contribution in [-0.2, 0) is 32.6 Å². The molecule has 1 N–H and O–H groups in total. The van der Waals surface area contributed by atoms with Crippen LogP contribution in [0.25, 0.3) is 0 Å². The first-order valence-corrected chi connectivity index (χ1v) is 15.6. The van der Waals surface area contributed by atoms with Crippen molar-refractivity contribution >= 4 is 43.5 Å². The maximum Gasteiger partial charge on any atom is 0.244 e. The number of anilines is 1. The summed E-state index contributed by atoms with van der Waals surface area (Å²) in [4.78, 5) is 29.2.